The molecule has 0 aliphatic heterocycles. The topological polar surface area (TPSA) is 82.1 Å². The third kappa shape index (κ3) is 9.55. The minimum absolute atomic E-state index is 0.122. The summed E-state index contributed by atoms with van der Waals surface area (Å²) in [4.78, 5) is 20.7. The molecule has 142 valence electrons. The fraction of sp³-hybridized carbons (Fsp3) is 0.812. The van der Waals surface area contributed by atoms with Crippen molar-refractivity contribution in [3.05, 3.63) is 12.2 Å². The van der Waals surface area contributed by atoms with E-state index in [0.717, 1.165) is 37.1 Å². The zero-order valence-corrected chi connectivity index (χ0v) is 16.3. The molecular weight excluding hydrogens is 333 g/mol. The molecule has 0 radical (unpaired) electrons. The molecule has 0 aliphatic rings. The van der Waals surface area contributed by atoms with E-state index in [4.69, 9.17) is 13.8 Å². The van der Waals surface area contributed by atoms with Gasteiger partial charge >= 0.3 is 13.8 Å². The Kier molecular flexibility index (Phi) is 11.4. The summed E-state index contributed by atoms with van der Waals surface area (Å²) in [6, 6.07) is 0. The lowest BCUT2D eigenvalue weighted by Gasteiger charge is -2.35. The smallest absolute Gasteiger partial charge is 0.460 e. The van der Waals surface area contributed by atoms with Gasteiger partial charge in [0.25, 0.3) is 0 Å². The molecule has 0 saturated carbocycles. The van der Waals surface area contributed by atoms with Gasteiger partial charge in [0.05, 0.1) is 39.4 Å². The number of quaternary nitrogens is 1. The lowest BCUT2D eigenvalue weighted by atomic mass is 10.2. The molecule has 7 nitrogen and oxygen atoms in total. The fourth-order valence-corrected chi connectivity index (χ4v) is 3.06. The number of hydrogen-bond acceptors (Lipinski definition) is 5. The number of carbonyl (C=O) groups is 1. The maximum atomic E-state index is 11.7. The number of unbranched alkanes of at least 4 members (excludes halogenated alkanes) is 1. The van der Waals surface area contributed by atoms with Crippen molar-refractivity contribution in [2.24, 2.45) is 0 Å². The molecule has 0 fully saturated rings. The Hall–Kier alpha value is -0.720. The molecule has 0 saturated heterocycles. The molecular formula is C16H33NO6P+. The van der Waals surface area contributed by atoms with Gasteiger partial charge < -0.3 is 14.1 Å². The Bertz CT molecular complexity index is 428. The van der Waals surface area contributed by atoms with Crippen LogP contribution in [0.5, 0.6) is 0 Å². The van der Waals surface area contributed by atoms with Crippen LogP contribution in [0.25, 0.3) is 0 Å². The predicted molar refractivity (Wildman–Crippen MR) is 93.5 cm³/mol. The Morgan fingerprint density at radius 1 is 1.04 bits per heavy atom. The van der Waals surface area contributed by atoms with E-state index in [1.165, 1.54) is 6.92 Å². The minimum atomic E-state index is -4.10. The Morgan fingerprint density at radius 3 is 2.08 bits per heavy atom. The summed E-state index contributed by atoms with van der Waals surface area (Å²) >= 11 is 0. The summed E-state index contributed by atoms with van der Waals surface area (Å²) in [6.07, 6.45) is 1.62. The summed E-state index contributed by atoms with van der Waals surface area (Å²) in [5.74, 6) is -0.559. The van der Waals surface area contributed by atoms with Crippen LogP contribution in [-0.2, 0) is 23.1 Å². The Morgan fingerprint density at radius 2 is 1.58 bits per heavy atom. The monoisotopic (exact) mass is 366 g/mol. The van der Waals surface area contributed by atoms with E-state index in [-0.39, 0.29) is 25.4 Å². The molecule has 0 bridgehead atoms. The van der Waals surface area contributed by atoms with Gasteiger partial charge in [0.1, 0.15) is 6.61 Å². The minimum Gasteiger partial charge on any atom is -0.460 e. The first-order valence-electron chi connectivity index (χ1n) is 8.51. The number of rotatable bonds is 14. The maximum Gasteiger partial charge on any atom is 0.472 e. The van der Waals surface area contributed by atoms with Gasteiger partial charge in [-0.3, -0.25) is 9.05 Å². The van der Waals surface area contributed by atoms with Crippen molar-refractivity contribution in [2.75, 3.05) is 46.0 Å². The van der Waals surface area contributed by atoms with Gasteiger partial charge in [-0.05, 0) is 40.5 Å². The Balaban J connectivity index is 3.90. The summed E-state index contributed by atoms with van der Waals surface area (Å²) in [5, 5.41) is 0. The number of nitrogens with zero attached hydrogens (tertiary/aromatic N) is 1. The highest BCUT2D eigenvalue weighted by Gasteiger charge is 2.22. The van der Waals surface area contributed by atoms with Crippen LogP contribution in [-0.4, -0.2) is 61.3 Å². The average Bonchev–Trinajstić information content (AvgIpc) is 2.55. The second-order valence-electron chi connectivity index (χ2n) is 5.77. The molecule has 0 amide bonds. The second kappa shape index (κ2) is 11.8. The largest absolute Gasteiger partial charge is 0.472 e. The third-order valence-corrected chi connectivity index (χ3v) is 5.23. The number of ether oxygens (including phenoxy) is 1. The highest BCUT2D eigenvalue weighted by molar-refractivity contribution is 7.47. The summed E-state index contributed by atoms with van der Waals surface area (Å²) in [5.41, 5.74) is 0.263. The van der Waals surface area contributed by atoms with Gasteiger partial charge in [0.15, 0.2) is 0 Å². The Labute approximate surface area is 145 Å². The third-order valence-electron chi connectivity index (χ3n) is 4.21. The molecule has 1 atom stereocenters. The van der Waals surface area contributed by atoms with E-state index >= 15 is 0 Å². The molecule has 1 unspecified atom stereocenters. The second-order valence-corrected chi connectivity index (χ2v) is 7.23. The van der Waals surface area contributed by atoms with Crippen molar-refractivity contribution in [2.45, 2.75) is 40.5 Å². The number of phosphoric acid groups is 1. The number of hydrogen-bond donors (Lipinski definition) is 1. The molecule has 0 aliphatic carbocycles. The predicted octanol–water partition coefficient (Wildman–Crippen LogP) is 2.90. The van der Waals surface area contributed by atoms with Crippen LogP contribution in [0.1, 0.15) is 40.5 Å². The number of carbonyl (C=O) groups excluding carboxylic acids is 1. The van der Waals surface area contributed by atoms with Crippen LogP contribution in [0.3, 0.4) is 0 Å². The number of phosphoric ester groups is 1. The molecule has 0 aromatic carbocycles. The lowest BCUT2D eigenvalue weighted by Crippen LogP contribution is -2.48. The van der Waals surface area contributed by atoms with Gasteiger partial charge in [-0.2, -0.15) is 0 Å². The summed E-state index contributed by atoms with van der Waals surface area (Å²) in [6.45, 7) is 15.6. The van der Waals surface area contributed by atoms with Crippen LogP contribution in [0.4, 0.5) is 0 Å². The summed E-state index contributed by atoms with van der Waals surface area (Å²) < 4.78 is 27.1. The van der Waals surface area contributed by atoms with Crippen LogP contribution >= 0.6 is 7.82 Å². The maximum absolute atomic E-state index is 11.7. The first-order valence-corrected chi connectivity index (χ1v) is 10.0. The highest BCUT2D eigenvalue weighted by atomic mass is 31.2. The number of esters is 1. The van der Waals surface area contributed by atoms with Crippen molar-refractivity contribution < 1.29 is 32.5 Å². The molecule has 24 heavy (non-hydrogen) atoms. The van der Waals surface area contributed by atoms with Crippen LogP contribution < -0.4 is 0 Å². The standard InChI is InChI=1S/C16H32NO6P/c1-6-17(7-2,8-3)11-9-10-12-22-24(19,20)23-14-13-21-16(18)15(4)5/h4,6-14H2,1-3,5H3/p+1. The average molecular weight is 366 g/mol. The molecule has 1 N–H and O–H groups in total. The van der Waals surface area contributed by atoms with E-state index in [9.17, 15) is 14.3 Å². The van der Waals surface area contributed by atoms with Crippen molar-refractivity contribution >= 4 is 13.8 Å². The first-order chi connectivity index (χ1) is 11.2. The molecule has 8 heteroatoms. The van der Waals surface area contributed by atoms with Gasteiger partial charge in [0.2, 0.25) is 0 Å². The first kappa shape index (κ1) is 23.3. The quantitative estimate of drug-likeness (QED) is 0.167. The normalized spacial score (nSPS) is 14.2. The fourth-order valence-electron chi connectivity index (χ4n) is 2.32. The molecule has 0 rings (SSSR count). The van der Waals surface area contributed by atoms with Crippen molar-refractivity contribution in [3.63, 3.8) is 0 Å². The lowest BCUT2D eigenvalue weighted by molar-refractivity contribution is -0.923. The van der Waals surface area contributed by atoms with Crippen LogP contribution in [0.15, 0.2) is 12.2 Å². The molecule has 0 spiro atoms. The van der Waals surface area contributed by atoms with Gasteiger partial charge in [0, 0.05) is 5.57 Å². The van der Waals surface area contributed by atoms with E-state index < -0.39 is 13.8 Å². The van der Waals surface area contributed by atoms with E-state index in [0.29, 0.717) is 6.42 Å². The van der Waals surface area contributed by atoms with Gasteiger partial charge in [-0.15, -0.1) is 0 Å². The van der Waals surface area contributed by atoms with E-state index in [1.54, 1.807) is 0 Å². The zero-order valence-electron chi connectivity index (χ0n) is 15.5. The van der Waals surface area contributed by atoms with Crippen LogP contribution in [0.2, 0.25) is 0 Å². The van der Waals surface area contributed by atoms with Crippen LogP contribution in [0, 0.1) is 0 Å². The van der Waals surface area contributed by atoms with Crippen molar-refractivity contribution in [3.8, 4) is 0 Å². The van der Waals surface area contributed by atoms with Crippen molar-refractivity contribution in [1.82, 2.24) is 0 Å². The van der Waals surface area contributed by atoms with Gasteiger partial charge in [-0.1, -0.05) is 6.58 Å². The molecule has 0 aromatic rings. The zero-order chi connectivity index (χ0) is 18.6. The molecule has 0 aromatic heterocycles. The molecule has 0 heterocycles. The van der Waals surface area contributed by atoms with Crippen molar-refractivity contribution in [1.29, 1.82) is 0 Å². The highest BCUT2D eigenvalue weighted by Crippen LogP contribution is 2.43. The van der Waals surface area contributed by atoms with Gasteiger partial charge in [-0.25, -0.2) is 9.36 Å². The van der Waals surface area contributed by atoms with E-state index in [2.05, 4.69) is 27.4 Å². The SMILES string of the molecule is C=C(C)C(=O)OCCOP(=O)(O)OCCCC[N+](CC)(CC)CC. The van der Waals surface area contributed by atoms with E-state index in [1.807, 2.05) is 0 Å². The summed E-state index contributed by atoms with van der Waals surface area (Å²) in [7, 11) is -4.10.